The Bertz CT molecular complexity index is 915. The fourth-order valence-corrected chi connectivity index (χ4v) is 7.99. The zero-order valence-electron chi connectivity index (χ0n) is 22.6. The van der Waals surface area contributed by atoms with E-state index in [1.165, 1.54) is 12.0 Å². The van der Waals surface area contributed by atoms with Crippen molar-refractivity contribution in [3.8, 4) is 0 Å². The second-order valence-electron chi connectivity index (χ2n) is 14.0. The van der Waals surface area contributed by atoms with Gasteiger partial charge < -0.3 is 4.74 Å². The van der Waals surface area contributed by atoms with Crippen molar-refractivity contribution >= 4 is 11.6 Å². The minimum atomic E-state index is -1.00. The second-order valence-corrected chi connectivity index (χ2v) is 14.0. The van der Waals surface area contributed by atoms with Crippen molar-refractivity contribution in [2.45, 2.75) is 106 Å². The van der Waals surface area contributed by atoms with Gasteiger partial charge >= 0.3 is 0 Å². The summed E-state index contributed by atoms with van der Waals surface area (Å²) in [5.41, 5.74) is 0.432. The summed E-state index contributed by atoms with van der Waals surface area (Å²) in [5, 5.41) is 0. The van der Waals surface area contributed by atoms with E-state index >= 15 is 0 Å². The second kappa shape index (κ2) is 7.56. The van der Waals surface area contributed by atoms with Crippen LogP contribution >= 0.6 is 0 Å². The highest BCUT2D eigenvalue weighted by atomic mass is 16.5. The number of ether oxygens (including phenoxy) is 1. The van der Waals surface area contributed by atoms with E-state index in [4.69, 9.17) is 4.74 Å². The van der Waals surface area contributed by atoms with E-state index in [1.54, 1.807) is 0 Å². The topological polar surface area (TPSA) is 43.4 Å². The first-order valence-corrected chi connectivity index (χ1v) is 13.2. The molecule has 2 saturated carbocycles. The van der Waals surface area contributed by atoms with Crippen LogP contribution in [0.4, 0.5) is 0 Å². The molecule has 0 aromatic rings. The average molecular weight is 455 g/mol. The number of Topliss-reactive ketones (excluding diaryl/α,β-unsaturated/α-hetero) is 2. The number of fused-ring (bicyclic) bond motifs is 2. The Kier molecular flexibility index (Phi) is 5.66. The van der Waals surface area contributed by atoms with Crippen molar-refractivity contribution in [3.05, 3.63) is 23.5 Å². The van der Waals surface area contributed by atoms with Gasteiger partial charge in [-0.25, -0.2) is 0 Å². The molecule has 33 heavy (non-hydrogen) atoms. The van der Waals surface area contributed by atoms with Gasteiger partial charge in [-0.15, -0.1) is 0 Å². The molecular formula is C30H46O3. The number of ketones is 2. The van der Waals surface area contributed by atoms with Crippen molar-refractivity contribution in [1.82, 2.24) is 0 Å². The number of hydrogen-bond acceptors (Lipinski definition) is 3. The first kappa shape index (κ1) is 24.7. The quantitative estimate of drug-likeness (QED) is 0.325. The van der Waals surface area contributed by atoms with Crippen LogP contribution < -0.4 is 0 Å². The standard InChI is InChI=1S/C30H46O3/c1-17(2)15-19-22-12-11-18(3)20-16-27(4,5)21(20)13-14-30(22,10)33-25-23(19)24(31)28(6,7)26(32)29(25,8)9/h17,19-22H,3,11-16H2,1-2,4-10H3/t19-,20-,21-,22+,30-/m1/s1. The van der Waals surface area contributed by atoms with Crippen molar-refractivity contribution < 1.29 is 14.3 Å². The highest BCUT2D eigenvalue weighted by Crippen LogP contribution is 2.61. The van der Waals surface area contributed by atoms with Crippen molar-refractivity contribution in [2.75, 3.05) is 0 Å². The fourth-order valence-electron chi connectivity index (χ4n) is 7.99. The molecule has 0 aromatic heterocycles. The smallest absolute Gasteiger partial charge is 0.175 e. The first-order chi connectivity index (χ1) is 15.0. The molecule has 0 amide bonds. The van der Waals surface area contributed by atoms with Crippen LogP contribution in [0.25, 0.3) is 0 Å². The van der Waals surface area contributed by atoms with Crippen molar-refractivity contribution in [1.29, 1.82) is 0 Å². The van der Waals surface area contributed by atoms with E-state index in [0.717, 1.165) is 37.7 Å². The molecule has 3 aliphatic carbocycles. The Morgan fingerprint density at radius 1 is 0.970 bits per heavy atom. The number of carbonyl (C=O) groups is 2. The molecule has 184 valence electrons. The van der Waals surface area contributed by atoms with Crippen LogP contribution in [0.1, 0.15) is 101 Å². The van der Waals surface area contributed by atoms with E-state index in [0.29, 0.717) is 28.9 Å². The van der Waals surface area contributed by atoms with Gasteiger partial charge in [-0.3, -0.25) is 9.59 Å². The fraction of sp³-hybridized carbons (Fsp3) is 0.800. The van der Waals surface area contributed by atoms with Crippen molar-refractivity contribution in [3.63, 3.8) is 0 Å². The third-order valence-electron chi connectivity index (χ3n) is 9.95. The monoisotopic (exact) mass is 454 g/mol. The maximum atomic E-state index is 13.9. The zero-order valence-corrected chi connectivity index (χ0v) is 22.6. The van der Waals surface area contributed by atoms with E-state index in [9.17, 15) is 9.59 Å². The van der Waals surface area contributed by atoms with Gasteiger partial charge in [-0.1, -0.05) is 39.8 Å². The molecule has 2 fully saturated rings. The van der Waals surface area contributed by atoms with Gasteiger partial charge in [-0.05, 0) is 102 Å². The molecule has 1 aliphatic heterocycles. The summed E-state index contributed by atoms with van der Waals surface area (Å²) in [5.74, 6) is 2.79. The maximum absolute atomic E-state index is 13.9. The molecule has 0 spiro atoms. The highest BCUT2D eigenvalue weighted by Gasteiger charge is 2.61. The van der Waals surface area contributed by atoms with Crippen LogP contribution in [-0.4, -0.2) is 17.2 Å². The summed E-state index contributed by atoms with van der Waals surface area (Å²) in [6, 6.07) is 0. The summed E-state index contributed by atoms with van der Waals surface area (Å²) in [6.07, 6.45) is 6.31. The van der Waals surface area contributed by atoms with Gasteiger partial charge in [0.05, 0.1) is 10.8 Å². The molecule has 3 nitrogen and oxygen atoms in total. The lowest BCUT2D eigenvalue weighted by atomic mass is 9.52. The Balaban J connectivity index is 1.84. The SMILES string of the molecule is C=C1CC[C@H]2[C@@H](CC(C)C)C3=C(O[C@]2(C)CC[C@@H]2[C@@H]1CC2(C)C)C(C)(C)C(=O)C(C)(C)C3=O. The third-order valence-corrected chi connectivity index (χ3v) is 9.95. The number of hydrogen-bond donors (Lipinski definition) is 0. The van der Waals surface area contributed by atoms with Gasteiger partial charge in [0.15, 0.2) is 11.6 Å². The molecule has 0 N–H and O–H groups in total. The Morgan fingerprint density at radius 2 is 1.61 bits per heavy atom. The minimum Gasteiger partial charge on any atom is -0.490 e. The molecule has 0 bridgehead atoms. The van der Waals surface area contributed by atoms with E-state index in [-0.39, 0.29) is 29.0 Å². The maximum Gasteiger partial charge on any atom is 0.175 e. The lowest BCUT2D eigenvalue weighted by molar-refractivity contribution is -0.156. The summed E-state index contributed by atoms with van der Waals surface area (Å²) in [7, 11) is 0. The normalized spacial score (nSPS) is 39.4. The predicted octanol–water partition coefficient (Wildman–Crippen LogP) is 7.30. The van der Waals surface area contributed by atoms with Crippen LogP contribution in [0, 0.1) is 45.8 Å². The Morgan fingerprint density at radius 3 is 2.18 bits per heavy atom. The van der Waals surface area contributed by atoms with Crippen molar-refractivity contribution in [2.24, 2.45) is 45.8 Å². The Hall–Kier alpha value is -1.38. The molecule has 4 rings (SSSR count). The molecule has 0 saturated heterocycles. The third kappa shape index (κ3) is 3.59. The van der Waals surface area contributed by atoms with E-state index in [1.807, 2.05) is 27.7 Å². The first-order valence-electron chi connectivity index (χ1n) is 13.2. The van der Waals surface area contributed by atoms with Gasteiger partial charge in [0, 0.05) is 11.5 Å². The van der Waals surface area contributed by atoms with Crippen LogP contribution in [0.5, 0.6) is 0 Å². The lowest BCUT2D eigenvalue weighted by Crippen LogP contribution is -2.57. The van der Waals surface area contributed by atoms with Crippen LogP contribution in [0.2, 0.25) is 0 Å². The largest absolute Gasteiger partial charge is 0.490 e. The number of rotatable bonds is 2. The molecule has 5 atom stereocenters. The molecule has 0 radical (unpaired) electrons. The Labute approximate surface area is 201 Å². The van der Waals surface area contributed by atoms with Crippen LogP contribution in [0.3, 0.4) is 0 Å². The summed E-state index contributed by atoms with van der Waals surface area (Å²) >= 11 is 0. The number of carbonyl (C=O) groups excluding carboxylic acids is 2. The van der Waals surface area contributed by atoms with E-state index in [2.05, 4.69) is 41.2 Å². The molecule has 3 heteroatoms. The van der Waals surface area contributed by atoms with Gasteiger partial charge in [0.2, 0.25) is 0 Å². The summed E-state index contributed by atoms with van der Waals surface area (Å²) in [4.78, 5) is 27.4. The summed E-state index contributed by atoms with van der Waals surface area (Å²) < 4.78 is 6.95. The van der Waals surface area contributed by atoms with Gasteiger partial charge in [0.25, 0.3) is 0 Å². The van der Waals surface area contributed by atoms with E-state index < -0.39 is 10.8 Å². The minimum absolute atomic E-state index is 0.00516. The molecule has 0 aromatic carbocycles. The van der Waals surface area contributed by atoms with Crippen LogP contribution in [0.15, 0.2) is 23.5 Å². The van der Waals surface area contributed by atoms with Crippen LogP contribution in [-0.2, 0) is 14.3 Å². The highest BCUT2D eigenvalue weighted by molar-refractivity contribution is 6.19. The van der Waals surface area contributed by atoms with Gasteiger partial charge in [-0.2, -0.15) is 0 Å². The molecule has 1 heterocycles. The summed E-state index contributed by atoms with van der Waals surface area (Å²) in [6.45, 7) is 23.7. The lowest BCUT2D eigenvalue weighted by Gasteiger charge is -2.55. The molecule has 0 unspecified atom stereocenters. The molecule has 4 aliphatic rings. The zero-order chi connectivity index (χ0) is 24.7. The number of allylic oxidation sites excluding steroid dienone is 3. The molecular weight excluding hydrogens is 408 g/mol. The van der Waals surface area contributed by atoms with Gasteiger partial charge in [0.1, 0.15) is 11.4 Å². The predicted molar refractivity (Wildman–Crippen MR) is 134 cm³/mol. The average Bonchev–Trinajstić information content (AvgIpc) is 2.72.